The molecule has 2 heterocycles. The molecule has 4 rings (SSSR count). The van der Waals surface area contributed by atoms with Crippen molar-refractivity contribution in [1.82, 2.24) is 10.2 Å². The van der Waals surface area contributed by atoms with Crippen molar-refractivity contribution in [2.24, 2.45) is 0 Å². The highest BCUT2D eigenvalue weighted by molar-refractivity contribution is 6.03. The quantitative estimate of drug-likeness (QED) is 0.410. The van der Waals surface area contributed by atoms with Crippen LogP contribution in [0.1, 0.15) is 36.5 Å². The zero-order valence-electron chi connectivity index (χ0n) is 16.1. The van der Waals surface area contributed by atoms with Gasteiger partial charge in [-0.05, 0) is 36.8 Å². The van der Waals surface area contributed by atoms with Crippen molar-refractivity contribution >= 4 is 22.9 Å². The number of aromatic nitrogens is 2. The lowest BCUT2D eigenvalue weighted by Crippen LogP contribution is -2.12. The van der Waals surface area contributed by atoms with Crippen LogP contribution in [0.3, 0.4) is 0 Å². The van der Waals surface area contributed by atoms with Gasteiger partial charge in [0.1, 0.15) is 11.3 Å². The topological polar surface area (TPSA) is 90.4 Å². The highest BCUT2D eigenvalue weighted by Gasteiger charge is 2.16. The molecule has 0 aliphatic rings. The Hall–Kier alpha value is -3.61. The maximum absolute atomic E-state index is 12.5. The number of hydrogen-bond acceptors (Lipinski definition) is 6. The molecule has 0 aliphatic heterocycles. The zero-order chi connectivity index (χ0) is 20.1. The second kappa shape index (κ2) is 8.60. The van der Waals surface area contributed by atoms with Gasteiger partial charge in [0.2, 0.25) is 0 Å². The van der Waals surface area contributed by atoms with Crippen LogP contribution in [0, 0.1) is 0 Å². The Labute approximate surface area is 167 Å². The number of carbonyl (C=O) groups is 1. The Balaban J connectivity index is 1.42. The van der Waals surface area contributed by atoms with Crippen molar-refractivity contribution < 1.29 is 18.4 Å². The minimum absolute atomic E-state index is 0.000256. The summed E-state index contributed by atoms with van der Waals surface area (Å²) in [6.07, 6.45) is 3.23. The monoisotopic (exact) mass is 391 g/mol. The van der Waals surface area contributed by atoms with Crippen molar-refractivity contribution in [2.75, 3.05) is 11.9 Å². The third-order valence-corrected chi connectivity index (χ3v) is 4.39. The first-order valence-electron chi connectivity index (χ1n) is 9.59. The molecule has 0 fully saturated rings. The van der Waals surface area contributed by atoms with Gasteiger partial charge in [0.05, 0.1) is 6.61 Å². The number of ether oxygens (including phenoxy) is 1. The summed E-state index contributed by atoms with van der Waals surface area (Å²) >= 11 is 0. The highest BCUT2D eigenvalue weighted by Crippen LogP contribution is 2.27. The van der Waals surface area contributed by atoms with Crippen LogP contribution in [0.4, 0.5) is 6.01 Å². The minimum atomic E-state index is -0.358. The van der Waals surface area contributed by atoms with Crippen LogP contribution in [0.25, 0.3) is 22.6 Å². The van der Waals surface area contributed by atoms with Gasteiger partial charge in [-0.1, -0.05) is 49.1 Å². The van der Waals surface area contributed by atoms with E-state index in [1.807, 2.05) is 36.4 Å². The summed E-state index contributed by atoms with van der Waals surface area (Å²) in [5.74, 6) is 0.942. The number of para-hydroxylation sites is 1. The number of unbranched alkanes of at least 4 members (excludes halogenated alkanes) is 2. The lowest BCUT2D eigenvalue weighted by Gasteiger charge is -2.07. The summed E-state index contributed by atoms with van der Waals surface area (Å²) in [6.45, 7) is 2.77. The molecule has 7 heteroatoms. The van der Waals surface area contributed by atoms with E-state index in [4.69, 9.17) is 13.6 Å². The number of fused-ring (bicyclic) bond motifs is 1. The van der Waals surface area contributed by atoms with E-state index in [1.165, 1.54) is 0 Å². The van der Waals surface area contributed by atoms with Gasteiger partial charge in [-0.25, -0.2) is 0 Å². The van der Waals surface area contributed by atoms with Crippen LogP contribution in [-0.2, 0) is 0 Å². The molecule has 1 amide bonds. The van der Waals surface area contributed by atoms with Gasteiger partial charge in [0.25, 0.3) is 11.8 Å². The molecule has 2 aromatic carbocycles. The number of rotatable bonds is 8. The van der Waals surface area contributed by atoms with Gasteiger partial charge in [-0.15, -0.1) is 5.10 Å². The smallest absolute Gasteiger partial charge is 0.322 e. The summed E-state index contributed by atoms with van der Waals surface area (Å²) in [6, 6.07) is 16.4. The van der Waals surface area contributed by atoms with Crippen molar-refractivity contribution in [3.05, 3.63) is 60.2 Å². The first-order chi connectivity index (χ1) is 14.2. The number of amides is 1. The van der Waals surface area contributed by atoms with Gasteiger partial charge >= 0.3 is 6.01 Å². The Kier molecular flexibility index (Phi) is 5.56. The van der Waals surface area contributed by atoms with E-state index in [0.29, 0.717) is 23.7 Å². The normalized spacial score (nSPS) is 10.9. The number of nitrogens with zero attached hydrogens (tertiary/aromatic N) is 2. The summed E-state index contributed by atoms with van der Waals surface area (Å²) in [5, 5.41) is 11.4. The van der Waals surface area contributed by atoms with Gasteiger partial charge in [-0.2, -0.15) is 0 Å². The predicted octanol–water partition coefficient (Wildman–Crippen LogP) is 5.30. The molecule has 0 atom stereocenters. The van der Waals surface area contributed by atoms with Crippen molar-refractivity contribution in [3.63, 3.8) is 0 Å². The third kappa shape index (κ3) is 4.45. The van der Waals surface area contributed by atoms with Crippen molar-refractivity contribution in [2.45, 2.75) is 26.2 Å². The summed E-state index contributed by atoms with van der Waals surface area (Å²) in [7, 11) is 0. The number of hydrogen-bond donors (Lipinski definition) is 1. The lowest BCUT2D eigenvalue weighted by molar-refractivity contribution is 0.102. The molecule has 0 aliphatic carbocycles. The molecule has 0 bridgehead atoms. The van der Waals surface area contributed by atoms with Crippen LogP contribution in [0.5, 0.6) is 5.75 Å². The van der Waals surface area contributed by atoms with E-state index in [9.17, 15) is 4.79 Å². The van der Waals surface area contributed by atoms with Crippen LogP contribution in [0.2, 0.25) is 0 Å². The molecule has 0 unspecified atom stereocenters. The number of benzene rings is 2. The average molecular weight is 391 g/mol. The molecule has 1 N–H and O–H groups in total. The number of anilines is 1. The van der Waals surface area contributed by atoms with Gasteiger partial charge in [-0.3, -0.25) is 10.1 Å². The Morgan fingerprint density at radius 3 is 2.79 bits per heavy atom. The third-order valence-electron chi connectivity index (χ3n) is 4.39. The first-order valence-corrected chi connectivity index (χ1v) is 9.59. The molecule has 0 spiro atoms. The summed E-state index contributed by atoms with van der Waals surface area (Å²) in [4.78, 5) is 12.5. The Morgan fingerprint density at radius 1 is 1.03 bits per heavy atom. The molecule has 0 saturated carbocycles. The lowest BCUT2D eigenvalue weighted by atomic mass is 10.2. The number of carbonyl (C=O) groups excluding carboxylic acids is 1. The van der Waals surface area contributed by atoms with E-state index in [0.717, 1.165) is 30.2 Å². The average Bonchev–Trinajstić information content (AvgIpc) is 3.38. The first kappa shape index (κ1) is 18.7. The SMILES string of the molecule is CCCCCOc1cccc(C(=O)Nc2nnc(-c3cc4ccccc4o3)o2)c1. The maximum Gasteiger partial charge on any atom is 0.322 e. The molecule has 29 heavy (non-hydrogen) atoms. The van der Waals surface area contributed by atoms with Crippen LogP contribution < -0.4 is 10.1 Å². The van der Waals surface area contributed by atoms with Crippen molar-refractivity contribution in [1.29, 1.82) is 0 Å². The fraction of sp³-hybridized carbons (Fsp3) is 0.227. The van der Waals surface area contributed by atoms with E-state index >= 15 is 0 Å². The van der Waals surface area contributed by atoms with E-state index in [2.05, 4.69) is 22.4 Å². The van der Waals surface area contributed by atoms with E-state index in [1.54, 1.807) is 18.2 Å². The van der Waals surface area contributed by atoms with Gasteiger partial charge < -0.3 is 13.6 Å². The molecule has 2 aromatic heterocycles. The molecular formula is C22H21N3O4. The summed E-state index contributed by atoms with van der Waals surface area (Å²) < 4.78 is 16.9. The van der Waals surface area contributed by atoms with Crippen LogP contribution in [0.15, 0.2) is 63.4 Å². The maximum atomic E-state index is 12.5. The largest absolute Gasteiger partial charge is 0.494 e. The molecule has 148 valence electrons. The standard InChI is InChI=1S/C22H21N3O4/c1-2-3-6-12-27-17-10-7-9-16(13-17)20(26)23-22-25-24-21(29-22)19-14-15-8-4-5-11-18(15)28-19/h4-5,7-11,13-14H,2-3,6,12H2,1H3,(H,23,25,26). The van der Waals surface area contributed by atoms with E-state index in [-0.39, 0.29) is 17.8 Å². The molecule has 0 radical (unpaired) electrons. The molecule has 7 nitrogen and oxygen atoms in total. The Morgan fingerprint density at radius 2 is 1.93 bits per heavy atom. The highest BCUT2D eigenvalue weighted by atomic mass is 16.5. The van der Waals surface area contributed by atoms with Gasteiger partial charge in [0.15, 0.2) is 5.76 Å². The van der Waals surface area contributed by atoms with Crippen molar-refractivity contribution in [3.8, 4) is 17.4 Å². The second-order valence-electron chi connectivity index (χ2n) is 6.60. The van der Waals surface area contributed by atoms with Gasteiger partial charge in [0, 0.05) is 10.9 Å². The Bertz CT molecular complexity index is 1080. The molecule has 0 saturated heterocycles. The fourth-order valence-corrected chi connectivity index (χ4v) is 2.90. The fourth-order valence-electron chi connectivity index (χ4n) is 2.90. The number of nitrogens with one attached hydrogen (secondary N) is 1. The molecular weight excluding hydrogens is 370 g/mol. The molecule has 4 aromatic rings. The zero-order valence-corrected chi connectivity index (χ0v) is 16.1. The second-order valence-corrected chi connectivity index (χ2v) is 6.60. The van der Waals surface area contributed by atoms with Crippen LogP contribution in [-0.4, -0.2) is 22.7 Å². The van der Waals surface area contributed by atoms with E-state index < -0.39 is 0 Å². The van der Waals surface area contributed by atoms with Crippen LogP contribution >= 0.6 is 0 Å². The predicted molar refractivity (Wildman–Crippen MR) is 109 cm³/mol. The summed E-state index contributed by atoms with van der Waals surface area (Å²) in [5.41, 5.74) is 1.17. The number of furan rings is 1. The minimum Gasteiger partial charge on any atom is -0.494 e.